The Morgan fingerprint density at radius 2 is 2.21 bits per heavy atom. The highest BCUT2D eigenvalue weighted by Crippen LogP contribution is 2.24. The average molecular weight is 197 g/mol. The molecule has 1 aliphatic rings. The summed E-state index contributed by atoms with van der Waals surface area (Å²) in [6.45, 7) is 1.09. The number of hydrogen-bond acceptors (Lipinski definition) is 3. The fraction of sp³-hybridized carbons (Fsp3) is 0.700. The highest BCUT2D eigenvalue weighted by Gasteiger charge is 2.34. The van der Waals surface area contributed by atoms with Gasteiger partial charge in [-0.15, -0.1) is 6.42 Å². The minimum atomic E-state index is -0.481. The third-order valence-corrected chi connectivity index (χ3v) is 2.81. The molecule has 78 valence electrons. The lowest BCUT2D eigenvalue weighted by molar-refractivity contribution is -0.133. The monoisotopic (exact) mass is 197 g/mol. The van der Waals surface area contributed by atoms with Crippen molar-refractivity contribution in [1.82, 2.24) is 4.90 Å². The first-order chi connectivity index (χ1) is 6.67. The summed E-state index contributed by atoms with van der Waals surface area (Å²) in [6.07, 6.45) is 6.28. The molecule has 0 bridgehead atoms. The van der Waals surface area contributed by atoms with Gasteiger partial charge in [-0.2, -0.15) is 0 Å². The second-order valence-electron chi connectivity index (χ2n) is 3.48. The van der Waals surface area contributed by atoms with Crippen molar-refractivity contribution >= 4 is 5.91 Å². The molecule has 0 atom stereocenters. The summed E-state index contributed by atoms with van der Waals surface area (Å²) >= 11 is 0. The third-order valence-electron chi connectivity index (χ3n) is 2.81. The lowest BCUT2D eigenvalue weighted by Crippen LogP contribution is -2.49. The number of piperidine rings is 1. The second kappa shape index (κ2) is 4.45. The van der Waals surface area contributed by atoms with Gasteiger partial charge in [-0.25, -0.2) is 0 Å². The SMILES string of the molecule is C#CC(=O)N1CCC(CO)(OC)CC1. The van der Waals surface area contributed by atoms with Crippen molar-refractivity contribution in [3.8, 4) is 12.3 Å². The van der Waals surface area contributed by atoms with Gasteiger partial charge < -0.3 is 14.7 Å². The van der Waals surface area contributed by atoms with Crippen LogP contribution in [-0.4, -0.2) is 48.3 Å². The van der Waals surface area contributed by atoms with Crippen molar-refractivity contribution in [2.45, 2.75) is 18.4 Å². The first-order valence-corrected chi connectivity index (χ1v) is 4.59. The molecule has 14 heavy (non-hydrogen) atoms. The molecule has 0 aromatic rings. The Balaban J connectivity index is 2.53. The number of hydrogen-bond donors (Lipinski definition) is 1. The van der Waals surface area contributed by atoms with E-state index in [1.807, 2.05) is 0 Å². The van der Waals surface area contributed by atoms with Gasteiger partial charge in [0.25, 0.3) is 5.91 Å². The largest absolute Gasteiger partial charge is 0.393 e. The molecule has 0 saturated carbocycles. The fourth-order valence-corrected chi connectivity index (χ4v) is 1.64. The number of carbonyl (C=O) groups excluding carboxylic acids is 1. The van der Waals surface area contributed by atoms with Crippen LogP contribution in [0.15, 0.2) is 0 Å². The van der Waals surface area contributed by atoms with Crippen molar-refractivity contribution in [3.05, 3.63) is 0 Å². The van der Waals surface area contributed by atoms with Crippen LogP contribution in [0.3, 0.4) is 0 Å². The van der Waals surface area contributed by atoms with Crippen molar-refractivity contribution in [3.63, 3.8) is 0 Å². The molecule has 4 nitrogen and oxygen atoms in total. The van der Waals surface area contributed by atoms with Crippen LogP contribution in [0.4, 0.5) is 0 Å². The zero-order chi connectivity index (χ0) is 10.6. The number of rotatable bonds is 2. The predicted molar refractivity (Wildman–Crippen MR) is 51.5 cm³/mol. The maximum absolute atomic E-state index is 11.1. The van der Waals surface area contributed by atoms with Gasteiger partial charge >= 0.3 is 0 Å². The zero-order valence-corrected chi connectivity index (χ0v) is 8.32. The molecule has 0 aromatic carbocycles. The second-order valence-corrected chi connectivity index (χ2v) is 3.48. The number of likely N-dealkylation sites (tertiary alicyclic amines) is 1. The Hall–Kier alpha value is -1.05. The molecule has 1 rings (SSSR count). The molecule has 0 aliphatic carbocycles. The van der Waals surface area contributed by atoms with Crippen LogP contribution in [0, 0.1) is 12.3 Å². The summed E-state index contributed by atoms with van der Waals surface area (Å²) in [7, 11) is 1.58. The number of amides is 1. The molecule has 1 heterocycles. The van der Waals surface area contributed by atoms with E-state index in [9.17, 15) is 4.79 Å². The van der Waals surface area contributed by atoms with Gasteiger partial charge in [0.1, 0.15) is 0 Å². The van der Waals surface area contributed by atoms with E-state index in [0.717, 1.165) is 0 Å². The first kappa shape index (κ1) is 11.0. The predicted octanol–water partition coefficient (Wildman–Crippen LogP) is -0.381. The van der Waals surface area contributed by atoms with Gasteiger partial charge in [0, 0.05) is 20.2 Å². The van der Waals surface area contributed by atoms with Crippen LogP contribution < -0.4 is 0 Å². The number of carbonyl (C=O) groups is 1. The van der Waals surface area contributed by atoms with E-state index in [4.69, 9.17) is 16.3 Å². The Morgan fingerprint density at radius 3 is 2.57 bits per heavy atom. The normalized spacial score (nSPS) is 20.2. The molecule has 1 saturated heterocycles. The number of ether oxygens (including phenoxy) is 1. The van der Waals surface area contributed by atoms with Crippen molar-refractivity contribution in [2.24, 2.45) is 0 Å². The van der Waals surface area contributed by atoms with Gasteiger partial charge in [0.15, 0.2) is 0 Å². The van der Waals surface area contributed by atoms with Crippen molar-refractivity contribution in [1.29, 1.82) is 0 Å². The van der Waals surface area contributed by atoms with E-state index < -0.39 is 5.60 Å². The molecule has 1 N–H and O–H groups in total. The highest BCUT2D eigenvalue weighted by molar-refractivity contribution is 5.92. The lowest BCUT2D eigenvalue weighted by atomic mass is 9.92. The number of methoxy groups -OCH3 is 1. The summed E-state index contributed by atoms with van der Waals surface area (Å²) in [5.74, 6) is 1.80. The molecular weight excluding hydrogens is 182 g/mol. The van der Waals surface area contributed by atoms with Crippen LogP contribution in [0.2, 0.25) is 0 Å². The Kier molecular flexibility index (Phi) is 3.50. The van der Waals surface area contributed by atoms with E-state index in [1.165, 1.54) is 0 Å². The van der Waals surface area contributed by atoms with E-state index in [2.05, 4.69) is 5.92 Å². The molecule has 1 fully saturated rings. The first-order valence-electron chi connectivity index (χ1n) is 4.59. The van der Waals surface area contributed by atoms with Crippen LogP contribution in [0.25, 0.3) is 0 Å². The summed E-state index contributed by atoms with van der Waals surface area (Å²) in [5, 5.41) is 9.15. The maximum atomic E-state index is 11.1. The lowest BCUT2D eigenvalue weighted by Gasteiger charge is -2.38. The maximum Gasteiger partial charge on any atom is 0.298 e. The number of terminal acetylenes is 1. The molecule has 1 aliphatic heterocycles. The van der Waals surface area contributed by atoms with E-state index in [0.29, 0.717) is 25.9 Å². The van der Waals surface area contributed by atoms with Gasteiger partial charge in [-0.05, 0) is 18.8 Å². The number of aliphatic hydroxyl groups is 1. The van der Waals surface area contributed by atoms with Crippen molar-refractivity contribution in [2.75, 3.05) is 26.8 Å². The molecule has 0 spiro atoms. The number of aliphatic hydroxyl groups excluding tert-OH is 1. The van der Waals surface area contributed by atoms with Crippen LogP contribution in [0.1, 0.15) is 12.8 Å². The van der Waals surface area contributed by atoms with E-state index in [1.54, 1.807) is 12.0 Å². The summed E-state index contributed by atoms with van der Waals surface area (Å²) < 4.78 is 5.25. The zero-order valence-electron chi connectivity index (χ0n) is 8.32. The van der Waals surface area contributed by atoms with Crippen molar-refractivity contribution < 1.29 is 14.6 Å². The Labute approximate surface area is 83.8 Å². The minimum absolute atomic E-state index is 0.0123. The summed E-state index contributed by atoms with van der Waals surface area (Å²) in [6, 6.07) is 0. The Morgan fingerprint density at radius 1 is 1.64 bits per heavy atom. The van der Waals surface area contributed by atoms with Gasteiger partial charge in [0.05, 0.1) is 12.2 Å². The molecule has 1 amide bonds. The number of nitrogens with zero attached hydrogens (tertiary/aromatic N) is 1. The summed E-state index contributed by atoms with van der Waals surface area (Å²) in [4.78, 5) is 12.7. The minimum Gasteiger partial charge on any atom is -0.393 e. The van der Waals surface area contributed by atoms with Crippen LogP contribution in [-0.2, 0) is 9.53 Å². The van der Waals surface area contributed by atoms with Gasteiger partial charge in [-0.3, -0.25) is 4.79 Å². The van der Waals surface area contributed by atoms with Crippen LogP contribution >= 0.6 is 0 Å². The standard InChI is InChI=1S/C10H15NO3/c1-3-9(13)11-6-4-10(8-12,14-2)5-7-11/h1,12H,4-8H2,2H3. The highest BCUT2D eigenvalue weighted by atomic mass is 16.5. The quantitative estimate of drug-likeness (QED) is 0.614. The molecule has 0 aromatic heterocycles. The summed E-state index contributed by atoms with van der Waals surface area (Å²) in [5.41, 5.74) is -0.481. The van der Waals surface area contributed by atoms with Gasteiger partial charge in [0.2, 0.25) is 0 Å². The fourth-order valence-electron chi connectivity index (χ4n) is 1.64. The molecule has 0 radical (unpaired) electrons. The van der Waals surface area contributed by atoms with E-state index in [-0.39, 0.29) is 12.5 Å². The van der Waals surface area contributed by atoms with Crippen LogP contribution in [0.5, 0.6) is 0 Å². The molecular formula is C10H15NO3. The van der Waals surface area contributed by atoms with Gasteiger partial charge in [-0.1, -0.05) is 0 Å². The third kappa shape index (κ3) is 2.06. The molecule has 0 unspecified atom stereocenters. The Bertz CT molecular complexity index is 243. The molecule has 4 heteroatoms. The van der Waals surface area contributed by atoms with E-state index >= 15 is 0 Å². The topological polar surface area (TPSA) is 49.8 Å². The smallest absolute Gasteiger partial charge is 0.298 e. The average Bonchev–Trinajstić information content (AvgIpc) is 2.28.